The lowest BCUT2D eigenvalue weighted by Gasteiger charge is -2.17. The first-order valence-electron chi connectivity index (χ1n) is 5.68. The predicted molar refractivity (Wildman–Crippen MR) is 60.3 cm³/mol. The SMILES string of the molecule is Cc1cccc(C2(C(=O)O)C3CNCC32)c1. The molecule has 3 nitrogen and oxygen atoms in total. The minimum atomic E-state index is -0.658. The molecule has 0 amide bonds. The number of rotatable bonds is 2. The summed E-state index contributed by atoms with van der Waals surface area (Å²) in [4.78, 5) is 11.6. The normalized spacial score (nSPS) is 35.8. The summed E-state index contributed by atoms with van der Waals surface area (Å²) in [6, 6.07) is 7.94. The van der Waals surface area contributed by atoms with Crippen LogP contribution in [0.5, 0.6) is 0 Å². The highest BCUT2D eigenvalue weighted by Crippen LogP contribution is 2.61. The van der Waals surface area contributed by atoms with Crippen molar-refractivity contribution in [1.29, 1.82) is 0 Å². The molecule has 16 heavy (non-hydrogen) atoms. The van der Waals surface area contributed by atoms with E-state index in [1.54, 1.807) is 0 Å². The zero-order valence-electron chi connectivity index (χ0n) is 9.23. The topological polar surface area (TPSA) is 49.3 Å². The molecule has 2 unspecified atom stereocenters. The van der Waals surface area contributed by atoms with Crippen LogP contribution in [0.15, 0.2) is 24.3 Å². The Bertz CT molecular complexity index is 445. The van der Waals surface area contributed by atoms with Crippen LogP contribution >= 0.6 is 0 Å². The zero-order chi connectivity index (χ0) is 11.3. The third-order valence-corrected chi connectivity index (χ3v) is 4.12. The van der Waals surface area contributed by atoms with Crippen LogP contribution in [0, 0.1) is 18.8 Å². The minimum Gasteiger partial charge on any atom is -0.481 e. The van der Waals surface area contributed by atoms with Crippen molar-refractivity contribution in [3.8, 4) is 0 Å². The Kier molecular flexibility index (Phi) is 1.89. The van der Waals surface area contributed by atoms with Crippen LogP contribution in [0.4, 0.5) is 0 Å². The fourth-order valence-corrected chi connectivity index (χ4v) is 3.31. The third kappa shape index (κ3) is 1.04. The van der Waals surface area contributed by atoms with E-state index in [-0.39, 0.29) is 11.8 Å². The van der Waals surface area contributed by atoms with E-state index in [0.717, 1.165) is 24.2 Å². The van der Waals surface area contributed by atoms with E-state index in [1.165, 1.54) is 0 Å². The highest BCUT2D eigenvalue weighted by Gasteiger charge is 2.72. The summed E-state index contributed by atoms with van der Waals surface area (Å²) in [6.45, 7) is 3.69. The van der Waals surface area contributed by atoms with Crippen molar-refractivity contribution in [2.75, 3.05) is 13.1 Å². The van der Waals surface area contributed by atoms with E-state index in [9.17, 15) is 9.90 Å². The number of hydrogen-bond donors (Lipinski definition) is 2. The first-order valence-corrected chi connectivity index (χ1v) is 5.68. The van der Waals surface area contributed by atoms with Gasteiger partial charge in [0.1, 0.15) is 5.41 Å². The largest absolute Gasteiger partial charge is 0.481 e. The van der Waals surface area contributed by atoms with Gasteiger partial charge in [-0.1, -0.05) is 29.8 Å². The fourth-order valence-electron chi connectivity index (χ4n) is 3.31. The Hall–Kier alpha value is -1.35. The molecule has 0 aromatic heterocycles. The Morgan fingerprint density at radius 1 is 1.44 bits per heavy atom. The molecule has 2 aliphatic rings. The lowest BCUT2D eigenvalue weighted by atomic mass is 9.89. The number of benzene rings is 1. The number of hydrogen-bond acceptors (Lipinski definition) is 2. The van der Waals surface area contributed by atoms with Gasteiger partial charge in [0, 0.05) is 0 Å². The standard InChI is InChI=1S/C13H15NO2/c1-8-3-2-4-9(5-8)13(12(15)16)10-6-14-7-11(10)13/h2-5,10-11,14H,6-7H2,1H3,(H,15,16). The molecule has 1 aliphatic carbocycles. The van der Waals surface area contributed by atoms with E-state index in [2.05, 4.69) is 5.32 Å². The van der Waals surface area contributed by atoms with E-state index in [4.69, 9.17) is 0 Å². The second-order valence-corrected chi connectivity index (χ2v) is 4.91. The first-order chi connectivity index (χ1) is 7.67. The number of carboxylic acid groups (broad SMARTS) is 1. The number of carbonyl (C=O) groups is 1. The minimum absolute atomic E-state index is 0.284. The third-order valence-electron chi connectivity index (χ3n) is 4.12. The number of aryl methyl sites for hydroxylation is 1. The average molecular weight is 217 g/mol. The Morgan fingerprint density at radius 3 is 2.69 bits per heavy atom. The highest BCUT2D eigenvalue weighted by molar-refractivity contribution is 5.87. The second kappa shape index (κ2) is 3.08. The molecule has 1 aromatic carbocycles. The van der Waals surface area contributed by atoms with Crippen molar-refractivity contribution in [3.05, 3.63) is 35.4 Å². The van der Waals surface area contributed by atoms with Crippen LogP contribution < -0.4 is 5.32 Å². The van der Waals surface area contributed by atoms with E-state index >= 15 is 0 Å². The van der Waals surface area contributed by atoms with Gasteiger partial charge < -0.3 is 10.4 Å². The molecule has 84 valence electrons. The van der Waals surface area contributed by atoms with Crippen LogP contribution in [-0.2, 0) is 10.2 Å². The molecule has 3 heteroatoms. The summed E-state index contributed by atoms with van der Waals surface area (Å²) in [5, 5.41) is 12.8. The van der Waals surface area contributed by atoms with Gasteiger partial charge in [-0.3, -0.25) is 4.79 Å². The van der Waals surface area contributed by atoms with Gasteiger partial charge in [0.05, 0.1) is 0 Å². The molecule has 1 saturated heterocycles. The summed E-state index contributed by atoms with van der Waals surface area (Å²) in [5.74, 6) is -0.0896. The van der Waals surface area contributed by atoms with E-state index in [1.807, 2.05) is 31.2 Å². The molecule has 0 bridgehead atoms. The summed E-state index contributed by atoms with van der Waals surface area (Å²) < 4.78 is 0. The van der Waals surface area contributed by atoms with Crippen LogP contribution in [0.2, 0.25) is 0 Å². The molecular weight excluding hydrogens is 202 g/mol. The summed E-state index contributed by atoms with van der Waals surface area (Å²) in [6.07, 6.45) is 0. The molecule has 1 aliphatic heterocycles. The molecule has 2 fully saturated rings. The van der Waals surface area contributed by atoms with Gasteiger partial charge in [0.15, 0.2) is 0 Å². The summed E-state index contributed by atoms with van der Waals surface area (Å²) >= 11 is 0. The van der Waals surface area contributed by atoms with Gasteiger partial charge in [-0.05, 0) is 37.4 Å². The smallest absolute Gasteiger partial charge is 0.314 e. The number of nitrogens with one attached hydrogen (secondary N) is 1. The van der Waals surface area contributed by atoms with E-state index < -0.39 is 11.4 Å². The van der Waals surface area contributed by atoms with Gasteiger partial charge in [-0.15, -0.1) is 0 Å². The van der Waals surface area contributed by atoms with Crippen LogP contribution in [-0.4, -0.2) is 24.2 Å². The molecule has 2 N–H and O–H groups in total. The van der Waals surface area contributed by atoms with Gasteiger partial charge in [0.25, 0.3) is 0 Å². The molecule has 0 radical (unpaired) electrons. The van der Waals surface area contributed by atoms with Crippen molar-refractivity contribution in [3.63, 3.8) is 0 Å². The average Bonchev–Trinajstić information content (AvgIpc) is 2.64. The van der Waals surface area contributed by atoms with Crippen molar-refractivity contribution in [2.45, 2.75) is 12.3 Å². The quantitative estimate of drug-likeness (QED) is 0.781. The van der Waals surface area contributed by atoms with Crippen molar-refractivity contribution >= 4 is 5.97 Å². The molecular formula is C13H15NO2. The Morgan fingerprint density at radius 2 is 2.12 bits per heavy atom. The second-order valence-electron chi connectivity index (χ2n) is 4.91. The van der Waals surface area contributed by atoms with Crippen molar-refractivity contribution in [1.82, 2.24) is 5.32 Å². The maximum absolute atomic E-state index is 11.6. The zero-order valence-corrected chi connectivity index (χ0v) is 9.23. The summed E-state index contributed by atoms with van der Waals surface area (Å²) in [5.41, 5.74) is 1.52. The number of fused-ring (bicyclic) bond motifs is 1. The van der Waals surface area contributed by atoms with Gasteiger partial charge in [-0.25, -0.2) is 0 Å². The first kappa shape index (κ1) is 9.85. The molecule has 1 aromatic rings. The lowest BCUT2D eigenvalue weighted by Crippen LogP contribution is -2.32. The van der Waals surface area contributed by atoms with Crippen LogP contribution in [0.3, 0.4) is 0 Å². The molecule has 1 saturated carbocycles. The molecule has 2 atom stereocenters. The monoisotopic (exact) mass is 217 g/mol. The Labute approximate surface area is 94.5 Å². The Balaban J connectivity index is 2.06. The maximum atomic E-state index is 11.6. The number of piperidine rings is 1. The highest BCUT2D eigenvalue weighted by atomic mass is 16.4. The van der Waals surface area contributed by atoms with Gasteiger partial charge >= 0.3 is 5.97 Å². The number of carboxylic acids is 1. The fraction of sp³-hybridized carbons (Fsp3) is 0.462. The van der Waals surface area contributed by atoms with Crippen LogP contribution in [0.25, 0.3) is 0 Å². The van der Waals surface area contributed by atoms with E-state index in [0.29, 0.717) is 0 Å². The van der Waals surface area contributed by atoms with Gasteiger partial charge in [-0.2, -0.15) is 0 Å². The molecule has 1 heterocycles. The predicted octanol–water partition coefficient (Wildman–Crippen LogP) is 1.17. The van der Waals surface area contributed by atoms with Crippen molar-refractivity contribution < 1.29 is 9.90 Å². The lowest BCUT2D eigenvalue weighted by molar-refractivity contribution is -0.141. The molecule has 3 rings (SSSR count). The maximum Gasteiger partial charge on any atom is 0.314 e. The summed E-state index contributed by atoms with van der Waals surface area (Å²) in [7, 11) is 0. The van der Waals surface area contributed by atoms with Crippen LogP contribution in [0.1, 0.15) is 11.1 Å². The number of aliphatic carboxylic acids is 1. The van der Waals surface area contributed by atoms with Crippen molar-refractivity contribution in [2.24, 2.45) is 11.8 Å². The van der Waals surface area contributed by atoms with Gasteiger partial charge in [0.2, 0.25) is 0 Å². The molecule has 0 spiro atoms.